The molecule has 0 unspecified atom stereocenters. The van der Waals surface area contributed by atoms with Gasteiger partial charge in [-0.25, -0.2) is 4.98 Å². The van der Waals surface area contributed by atoms with Crippen LogP contribution in [0.25, 0.3) is 11.3 Å². The highest BCUT2D eigenvalue weighted by Crippen LogP contribution is 2.19. The number of benzene rings is 1. The minimum absolute atomic E-state index is 0.362. The number of H-pyrrole nitrogens is 1. The molecule has 0 spiro atoms. The number of imidazole rings is 1. The highest BCUT2D eigenvalue weighted by molar-refractivity contribution is 8.01. The minimum atomic E-state index is -4.40. The lowest BCUT2D eigenvalue weighted by Gasteiger charge is -2.08. The first-order valence-corrected chi connectivity index (χ1v) is 10.3. The molecule has 2 rings (SSSR count). The maximum Gasteiger partial charge on any atom is 0.328 e. The Balaban J connectivity index is 1.94. The Morgan fingerprint density at radius 1 is 1.15 bits per heavy atom. The summed E-state index contributed by atoms with van der Waals surface area (Å²) in [6, 6.07) is 7.10. The summed E-state index contributed by atoms with van der Waals surface area (Å²) in [7, 11) is -4.40. The highest BCUT2D eigenvalue weighted by Gasteiger charge is 2.16. The Hall–Kier alpha value is -2.19. The van der Waals surface area contributed by atoms with Crippen LogP contribution in [0.3, 0.4) is 0 Å². The van der Waals surface area contributed by atoms with Gasteiger partial charge in [-0.3, -0.25) is 9.55 Å². The lowest BCUT2D eigenvalue weighted by Crippen LogP contribution is -2.23. The Kier molecular flexibility index (Phi) is 7.80. The molecule has 0 aliphatic carbocycles. The number of nitrogens with one attached hydrogen (secondary N) is 2. The number of hydrogen-bond donors (Lipinski definition) is 3. The van der Waals surface area contributed by atoms with Crippen molar-refractivity contribution in [3.05, 3.63) is 36.8 Å². The van der Waals surface area contributed by atoms with E-state index in [1.165, 1.54) is 19.3 Å². The number of aromatic amines is 1. The molecule has 0 amide bonds. The first-order valence-electron chi connectivity index (χ1n) is 8.88. The van der Waals surface area contributed by atoms with E-state index < -0.39 is 15.3 Å². The fourth-order valence-electron chi connectivity index (χ4n) is 2.53. The highest BCUT2D eigenvalue weighted by atomic mass is 32.2. The Morgan fingerprint density at radius 2 is 1.85 bits per heavy atom. The second-order valence-electron chi connectivity index (χ2n) is 6.10. The van der Waals surface area contributed by atoms with E-state index in [2.05, 4.69) is 27.2 Å². The third-order valence-corrected chi connectivity index (χ3v) is 4.68. The zero-order valence-electron chi connectivity index (χ0n) is 15.0. The van der Waals surface area contributed by atoms with E-state index in [1.54, 1.807) is 24.7 Å². The van der Waals surface area contributed by atoms with Crippen molar-refractivity contribution in [2.45, 2.75) is 45.4 Å². The molecule has 2 aromatic rings. The second-order valence-corrected chi connectivity index (χ2v) is 7.43. The van der Waals surface area contributed by atoms with E-state index in [0.717, 1.165) is 30.5 Å². The van der Waals surface area contributed by atoms with E-state index in [1.807, 2.05) is 12.1 Å². The third-order valence-electron chi connectivity index (χ3n) is 3.96. The maximum atomic E-state index is 11.5. The standard InChI is InChI=1S/C18H26N4O3S/c1-2-3-4-5-6-7-12-20-18(26(23,24)25)22-16-10-8-15(9-11-16)17-13-19-14-21-17/h8-11,13-14H,2-7,12H2,1H3,(H,19,21)(H,20,22)(H,23,24,25). The summed E-state index contributed by atoms with van der Waals surface area (Å²) in [5.74, 6) is 0. The molecule has 0 fully saturated rings. The quantitative estimate of drug-likeness (QED) is 0.264. The minimum Gasteiger partial charge on any atom is -0.345 e. The molecule has 7 nitrogen and oxygen atoms in total. The molecule has 3 N–H and O–H groups in total. The number of amidine groups is 1. The van der Waals surface area contributed by atoms with Crippen molar-refractivity contribution in [1.29, 1.82) is 0 Å². The number of aromatic nitrogens is 2. The lowest BCUT2D eigenvalue weighted by molar-refractivity contribution is 0.497. The Bertz CT molecular complexity index is 784. The molecule has 0 aliphatic rings. The summed E-state index contributed by atoms with van der Waals surface area (Å²) in [6.07, 6.45) is 9.80. The topological polar surface area (TPSA) is 107 Å². The summed E-state index contributed by atoms with van der Waals surface area (Å²) < 4.78 is 32.5. The van der Waals surface area contributed by atoms with Crippen molar-refractivity contribution in [2.75, 3.05) is 11.9 Å². The largest absolute Gasteiger partial charge is 0.345 e. The smallest absolute Gasteiger partial charge is 0.328 e. The summed E-state index contributed by atoms with van der Waals surface area (Å²) in [5, 5.41) is 2.27. The van der Waals surface area contributed by atoms with Gasteiger partial charge in [0, 0.05) is 12.2 Å². The Labute approximate surface area is 154 Å². The third kappa shape index (κ3) is 6.61. The van der Waals surface area contributed by atoms with Gasteiger partial charge in [0.15, 0.2) is 0 Å². The van der Waals surface area contributed by atoms with Crippen molar-refractivity contribution in [3.8, 4) is 11.3 Å². The van der Waals surface area contributed by atoms with E-state index in [-0.39, 0.29) is 0 Å². The molecule has 26 heavy (non-hydrogen) atoms. The van der Waals surface area contributed by atoms with Gasteiger partial charge in [-0.15, -0.1) is 0 Å². The SMILES string of the molecule is CCCCCCCCN=C(Nc1ccc(-c2cnc[nH]2)cc1)S(=O)(=O)O. The van der Waals surface area contributed by atoms with Crippen LogP contribution in [0.1, 0.15) is 45.4 Å². The molecule has 142 valence electrons. The summed E-state index contributed by atoms with van der Waals surface area (Å²) in [4.78, 5) is 11.0. The van der Waals surface area contributed by atoms with Crippen molar-refractivity contribution >= 4 is 21.0 Å². The zero-order chi connectivity index (χ0) is 18.8. The zero-order valence-corrected chi connectivity index (χ0v) is 15.8. The number of aliphatic imine (C=N–C) groups is 1. The molecule has 1 heterocycles. The maximum absolute atomic E-state index is 11.5. The number of anilines is 1. The molecule has 0 aliphatic heterocycles. The van der Waals surface area contributed by atoms with Crippen molar-refractivity contribution in [2.24, 2.45) is 4.99 Å². The molecule has 0 radical (unpaired) electrons. The van der Waals surface area contributed by atoms with Crippen molar-refractivity contribution in [1.82, 2.24) is 9.97 Å². The van der Waals surface area contributed by atoms with Crippen LogP contribution in [0.5, 0.6) is 0 Å². The average Bonchev–Trinajstić information content (AvgIpc) is 3.14. The molecule has 0 saturated heterocycles. The van der Waals surface area contributed by atoms with E-state index in [4.69, 9.17) is 0 Å². The molecule has 8 heteroatoms. The van der Waals surface area contributed by atoms with Crippen LogP contribution in [-0.4, -0.2) is 34.7 Å². The summed E-state index contributed by atoms with van der Waals surface area (Å²) in [6.45, 7) is 2.52. The molecule has 0 saturated carbocycles. The fraction of sp³-hybridized carbons (Fsp3) is 0.444. The number of hydrogen-bond acceptors (Lipinski definition) is 4. The van der Waals surface area contributed by atoms with Gasteiger partial charge in [0.25, 0.3) is 0 Å². The van der Waals surface area contributed by atoms with E-state index in [0.29, 0.717) is 12.2 Å². The van der Waals surface area contributed by atoms with E-state index in [9.17, 15) is 13.0 Å². The lowest BCUT2D eigenvalue weighted by atomic mass is 10.1. The monoisotopic (exact) mass is 378 g/mol. The molecular weight excluding hydrogens is 352 g/mol. The molecule has 1 aromatic heterocycles. The van der Waals surface area contributed by atoms with Crippen LogP contribution in [0, 0.1) is 0 Å². The summed E-state index contributed by atoms with van der Waals surface area (Å²) in [5.41, 5.74) is 2.32. The van der Waals surface area contributed by atoms with Gasteiger partial charge in [-0.05, 0) is 24.1 Å². The van der Waals surface area contributed by atoms with Crippen molar-refractivity contribution < 1.29 is 13.0 Å². The van der Waals surface area contributed by atoms with Gasteiger partial charge in [0.1, 0.15) is 0 Å². The van der Waals surface area contributed by atoms with Gasteiger partial charge in [0.05, 0.1) is 18.2 Å². The van der Waals surface area contributed by atoms with Crippen LogP contribution < -0.4 is 5.32 Å². The molecule has 0 bridgehead atoms. The first-order chi connectivity index (χ1) is 12.5. The molecule has 0 atom stereocenters. The second kappa shape index (κ2) is 10.1. The molecule has 1 aromatic carbocycles. The number of unbranched alkanes of at least 4 members (excludes halogenated alkanes) is 5. The van der Waals surface area contributed by atoms with Gasteiger partial charge >= 0.3 is 10.1 Å². The van der Waals surface area contributed by atoms with Gasteiger partial charge in [-0.2, -0.15) is 8.42 Å². The van der Waals surface area contributed by atoms with Gasteiger partial charge in [0.2, 0.25) is 5.17 Å². The molecular formula is C18H26N4O3S. The normalized spacial score (nSPS) is 12.3. The van der Waals surface area contributed by atoms with Crippen LogP contribution in [0.4, 0.5) is 5.69 Å². The number of rotatable bonds is 9. The Morgan fingerprint density at radius 3 is 2.46 bits per heavy atom. The van der Waals surface area contributed by atoms with Crippen LogP contribution in [-0.2, 0) is 10.1 Å². The van der Waals surface area contributed by atoms with E-state index >= 15 is 0 Å². The van der Waals surface area contributed by atoms with Crippen molar-refractivity contribution in [3.63, 3.8) is 0 Å². The average molecular weight is 378 g/mol. The summed E-state index contributed by atoms with van der Waals surface area (Å²) >= 11 is 0. The van der Waals surface area contributed by atoms with Gasteiger partial charge in [-0.1, -0.05) is 51.2 Å². The number of nitrogens with zero attached hydrogens (tertiary/aromatic N) is 2. The van der Waals surface area contributed by atoms with Crippen LogP contribution >= 0.6 is 0 Å². The fourth-order valence-corrected chi connectivity index (χ4v) is 3.03. The first kappa shape index (κ1) is 20.1. The van der Waals surface area contributed by atoms with Crippen LogP contribution in [0.15, 0.2) is 41.8 Å². The van der Waals surface area contributed by atoms with Crippen LogP contribution in [0.2, 0.25) is 0 Å². The predicted octanol–water partition coefficient (Wildman–Crippen LogP) is 4.09. The van der Waals surface area contributed by atoms with Gasteiger partial charge < -0.3 is 10.3 Å². The predicted molar refractivity (Wildman–Crippen MR) is 105 cm³/mol.